The molecule has 28 heavy (non-hydrogen) atoms. The number of piperidine rings is 1. The van der Waals surface area contributed by atoms with Gasteiger partial charge in [-0.15, -0.1) is 10.2 Å². The lowest BCUT2D eigenvalue weighted by molar-refractivity contribution is -0.125. The van der Waals surface area contributed by atoms with Crippen molar-refractivity contribution in [1.29, 1.82) is 0 Å². The molecule has 1 fully saturated rings. The Bertz CT molecular complexity index is 716. The molecule has 1 N–H and O–H groups in total. The van der Waals surface area contributed by atoms with Crippen molar-refractivity contribution < 1.29 is 4.79 Å². The minimum absolute atomic E-state index is 0.0329. The van der Waals surface area contributed by atoms with Gasteiger partial charge in [-0.25, -0.2) is 0 Å². The molecule has 7 nitrogen and oxygen atoms in total. The molecule has 154 valence electrons. The maximum absolute atomic E-state index is 12.6. The summed E-state index contributed by atoms with van der Waals surface area (Å²) in [5.74, 6) is 0.210. The molecule has 8 heteroatoms. The fourth-order valence-corrected chi connectivity index (χ4v) is 4.36. The molecule has 1 atom stereocenters. The van der Waals surface area contributed by atoms with Crippen LogP contribution in [0.25, 0.3) is 5.13 Å². The predicted octanol–water partition coefficient (Wildman–Crippen LogP) is 2.78. The van der Waals surface area contributed by atoms with E-state index in [9.17, 15) is 4.79 Å². The van der Waals surface area contributed by atoms with Gasteiger partial charge in [-0.1, -0.05) is 24.7 Å². The Kier molecular flexibility index (Phi) is 7.85. The summed E-state index contributed by atoms with van der Waals surface area (Å²) >= 11 is 1.57. The van der Waals surface area contributed by atoms with Crippen LogP contribution in [0.3, 0.4) is 0 Å². The Morgan fingerprint density at radius 3 is 2.79 bits per heavy atom. The third kappa shape index (κ3) is 5.78. The van der Waals surface area contributed by atoms with E-state index in [4.69, 9.17) is 0 Å². The van der Waals surface area contributed by atoms with E-state index in [0.717, 1.165) is 62.2 Å². The first-order chi connectivity index (χ1) is 13.7. The Morgan fingerprint density at radius 1 is 1.25 bits per heavy atom. The molecule has 0 bridgehead atoms. The van der Waals surface area contributed by atoms with Gasteiger partial charge in [0.1, 0.15) is 0 Å². The first-order valence-corrected chi connectivity index (χ1v) is 11.2. The highest BCUT2D eigenvalue weighted by Gasteiger charge is 2.27. The van der Waals surface area contributed by atoms with E-state index in [1.165, 1.54) is 12.8 Å². The van der Waals surface area contributed by atoms with Crippen LogP contribution in [0.15, 0.2) is 24.5 Å². The van der Waals surface area contributed by atoms with Gasteiger partial charge in [0.15, 0.2) is 0 Å². The van der Waals surface area contributed by atoms with Gasteiger partial charge in [0.2, 0.25) is 16.2 Å². The van der Waals surface area contributed by atoms with E-state index >= 15 is 0 Å². The summed E-state index contributed by atoms with van der Waals surface area (Å²) in [4.78, 5) is 17.1. The molecule has 1 amide bonds. The van der Waals surface area contributed by atoms with Crippen molar-refractivity contribution in [3.63, 3.8) is 0 Å². The van der Waals surface area contributed by atoms with Gasteiger partial charge in [-0.2, -0.15) is 0 Å². The normalized spacial score (nSPS) is 17.2. The molecule has 0 spiro atoms. The number of nitrogens with zero attached hydrogens (tertiary/aromatic N) is 5. The minimum atomic E-state index is 0.0329. The maximum atomic E-state index is 12.6. The van der Waals surface area contributed by atoms with Crippen molar-refractivity contribution in [2.75, 3.05) is 44.7 Å². The smallest absolute Gasteiger partial charge is 0.224 e. The molecule has 1 saturated heterocycles. The minimum Gasteiger partial charge on any atom is -0.356 e. The molecular formula is C20H32N6OS. The molecule has 0 unspecified atom stereocenters. The molecule has 1 aliphatic heterocycles. The number of rotatable bonds is 10. The average Bonchev–Trinajstić information content (AvgIpc) is 3.41. The largest absolute Gasteiger partial charge is 0.356 e. The van der Waals surface area contributed by atoms with Crippen molar-refractivity contribution in [2.24, 2.45) is 5.92 Å². The van der Waals surface area contributed by atoms with E-state index in [0.29, 0.717) is 0 Å². The second-order valence-electron chi connectivity index (χ2n) is 7.54. The van der Waals surface area contributed by atoms with Crippen molar-refractivity contribution in [2.45, 2.75) is 39.0 Å². The second-order valence-corrected chi connectivity index (χ2v) is 8.48. The molecule has 3 heterocycles. The number of hydrogen-bond acceptors (Lipinski definition) is 6. The van der Waals surface area contributed by atoms with Crippen molar-refractivity contribution in [1.82, 2.24) is 25.0 Å². The third-order valence-electron chi connectivity index (χ3n) is 5.20. The van der Waals surface area contributed by atoms with Crippen LogP contribution in [-0.4, -0.2) is 65.3 Å². The van der Waals surface area contributed by atoms with E-state index < -0.39 is 0 Å². The number of anilines is 1. The highest BCUT2D eigenvalue weighted by atomic mass is 32.1. The standard InChI is InChI=1S/C20H32N6OS/c1-3-4-11-24(2)12-8-10-21-18(27)17-9-7-15-26(16-17)20-23-22-19(28-20)25-13-5-6-14-25/h5-6,13-14,17H,3-4,7-12,15-16H2,1-2H3,(H,21,27)/t17-/m1/s1. The number of carbonyl (C=O) groups excluding carboxylic acids is 1. The zero-order chi connectivity index (χ0) is 19.8. The Labute approximate surface area is 171 Å². The van der Waals surface area contributed by atoms with E-state index in [1.54, 1.807) is 11.3 Å². The number of nitrogens with one attached hydrogen (secondary N) is 1. The maximum Gasteiger partial charge on any atom is 0.224 e. The molecule has 1 aliphatic rings. The van der Waals surface area contributed by atoms with Crippen LogP contribution in [0.2, 0.25) is 0 Å². The van der Waals surface area contributed by atoms with E-state index in [1.807, 2.05) is 29.1 Å². The Balaban J connectivity index is 1.43. The summed E-state index contributed by atoms with van der Waals surface area (Å²) in [7, 11) is 2.15. The van der Waals surface area contributed by atoms with Crippen LogP contribution in [0.4, 0.5) is 5.13 Å². The fourth-order valence-electron chi connectivity index (χ4n) is 3.51. The van der Waals surface area contributed by atoms with Crippen molar-refractivity contribution in [3.05, 3.63) is 24.5 Å². The molecule has 2 aromatic rings. The van der Waals surface area contributed by atoms with Crippen LogP contribution >= 0.6 is 11.3 Å². The van der Waals surface area contributed by atoms with Gasteiger partial charge >= 0.3 is 0 Å². The molecule has 3 rings (SSSR count). The number of unbranched alkanes of at least 4 members (excludes halogenated alkanes) is 1. The number of hydrogen-bond donors (Lipinski definition) is 1. The lowest BCUT2D eigenvalue weighted by Crippen LogP contribution is -2.43. The van der Waals surface area contributed by atoms with Crippen LogP contribution < -0.4 is 10.2 Å². The van der Waals surface area contributed by atoms with Gasteiger partial charge in [0.25, 0.3) is 0 Å². The number of amides is 1. The summed E-state index contributed by atoms with van der Waals surface area (Å²) in [6.07, 6.45) is 9.35. The molecule has 2 aromatic heterocycles. The molecule has 0 saturated carbocycles. The molecule has 0 radical (unpaired) electrons. The van der Waals surface area contributed by atoms with Crippen LogP contribution in [0, 0.1) is 5.92 Å². The summed E-state index contributed by atoms with van der Waals surface area (Å²) in [5, 5.41) is 13.5. The lowest BCUT2D eigenvalue weighted by Gasteiger charge is -2.31. The van der Waals surface area contributed by atoms with Crippen LogP contribution in [0.1, 0.15) is 39.0 Å². The average molecular weight is 405 g/mol. The lowest BCUT2D eigenvalue weighted by atomic mass is 9.97. The predicted molar refractivity (Wildman–Crippen MR) is 114 cm³/mol. The highest BCUT2D eigenvalue weighted by Crippen LogP contribution is 2.27. The molecule has 0 aliphatic carbocycles. The van der Waals surface area contributed by atoms with Crippen LogP contribution in [0.5, 0.6) is 0 Å². The zero-order valence-corrected chi connectivity index (χ0v) is 17.8. The van der Waals surface area contributed by atoms with E-state index in [-0.39, 0.29) is 11.8 Å². The summed E-state index contributed by atoms with van der Waals surface area (Å²) in [6.45, 7) is 6.79. The van der Waals surface area contributed by atoms with Crippen molar-refractivity contribution in [3.8, 4) is 5.13 Å². The summed E-state index contributed by atoms with van der Waals surface area (Å²) in [6, 6.07) is 3.95. The van der Waals surface area contributed by atoms with Gasteiger partial charge in [0, 0.05) is 32.0 Å². The van der Waals surface area contributed by atoms with Gasteiger partial charge in [-0.3, -0.25) is 9.36 Å². The molecular weight excluding hydrogens is 372 g/mol. The zero-order valence-electron chi connectivity index (χ0n) is 17.0. The monoisotopic (exact) mass is 404 g/mol. The first kappa shape index (κ1) is 20.8. The quantitative estimate of drug-likeness (QED) is 0.617. The number of aromatic nitrogens is 3. The number of carbonyl (C=O) groups is 1. The van der Waals surface area contributed by atoms with Crippen LogP contribution in [-0.2, 0) is 4.79 Å². The highest BCUT2D eigenvalue weighted by molar-refractivity contribution is 7.17. The van der Waals surface area contributed by atoms with Gasteiger partial charge in [0.05, 0.1) is 5.92 Å². The SMILES string of the molecule is CCCCN(C)CCCNC(=O)[C@@H]1CCCN(c2nnc(-n3cccc3)s2)C1. The Morgan fingerprint density at radius 2 is 2.00 bits per heavy atom. The first-order valence-electron chi connectivity index (χ1n) is 10.4. The van der Waals surface area contributed by atoms with Crippen molar-refractivity contribution >= 4 is 22.4 Å². The van der Waals surface area contributed by atoms with Gasteiger partial charge in [-0.05, 0) is 58.0 Å². The summed E-state index contributed by atoms with van der Waals surface area (Å²) < 4.78 is 1.97. The fraction of sp³-hybridized carbons (Fsp3) is 0.650. The van der Waals surface area contributed by atoms with E-state index in [2.05, 4.69) is 39.3 Å². The summed E-state index contributed by atoms with van der Waals surface area (Å²) in [5.41, 5.74) is 0. The second kappa shape index (κ2) is 10.6. The third-order valence-corrected chi connectivity index (χ3v) is 6.20. The Hall–Kier alpha value is -1.93. The van der Waals surface area contributed by atoms with Gasteiger partial charge < -0.3 is 15.1 Å². The topological polar surface area (TPSA) is 66.3 Å². The molecule has 0 aromatic carbocycles.